The fraction of sp³-hybridized carbons (Fsp3) is 0.500. The monoisotopic (exact) mass is 283 g/mol. The lowest BCUT2D eigenvalue weighted by molar-refractivity contribution is 0.0724. The van der Waals surface area contributed by atoms with Crippen molar-refractivity contribution in [3.05, 3.63) is 29.6 Å². The maximum absolute atomic E-state index is 13.2. The summed E-state index contributed by atoms with van der Waals surface area (Å²) in [5.41, 5.74) is 0.474. The van der Waals surface area contributed by atoms with Crippen LogP contribution in [0.4, 0.5) is 4.39 Å². The second kappa shape index (κ2) is 6.39. The van der Waals surface area contributed by atoms with Gasteiger partial charge in [0.1, 0.15) is 5.82 Å². The number of carbonyl (C=O) groups excluding carboxylic acids is 1. The minimum absolute atomic E-state index is 0.0734. The summed E-state index contributed by atoms with van der Waals surface area (Å²) in [6, 6.07) is 4.43. The first kappa shape index (κ1) is 14.3. The molecule has 0 saturated carbocycles. The fourth-order valence-corrected chi connectivity index (χ4v) is 2.76. The number of likely N-dealkylation sites (tertiary alicyclic amines) is 1. The summed E-state index contributed by atoms with van der Waals surface area (Å²) in [5.74, 6) is -0.492. The first-order valence-electron chi connectivity index (χ1n) is 6.54. The van der Waals surface area contributed by atoms with Gasteiger partial charge in [0.05, 0.1) is 0 Å². The summed E-state index contributed by atoms with van der Waals surface area (Å²) in [4.78, 5) is 14.4. The molecule has 1 aromatic rings. The van der Waals surface area contributed by atoms with E-state index in [-0.39, 0.29) is 23.5 Å². The number of aliphatic hydroxyl groups excluding tert-OH is 1. The van der Waals surface area contributed by atoms with Crippen molar-refractivity contribution in [2.24, 2.45) is 0 Å². The fourth-order valence-electron chi connectivity index (χ4n) is 2.54. The Morgan fingerprint density at radius 1 is 1.53 bits per heavy atom. The third-order valence-electron chi connectivity index (χ3n) is 3.53. The highest BCUT2D eigenvalue weighted by atomic mass is 32.1. The van der Waals surface area contributed by atoms with Crippen molar-refractivity contribution in [2.75, 3.05) is 13.2 Å². The smallest absolute Gasteiger partial charge is 0.254 e. The zero-order valence-corrected chi connectivity index (χ0v) is 11.6. The topological polar surface area (TPSA) is 40.5 Å². The van der Waals surface area contributed by atoms with Gasteiger partial charge in [-0.05, 0) is 43.9 Å². The van der Waals surface area contributed by atoms with Gasteiger partial charge >= 0.3 is 0 Å². The summed E-state index contributed by atoms with van der Waals surface area (Å²) in [6.45, 7) is 0.879. The number of amides is 1. The number of hydrogen-bond donors (Lipinski definition) is 2. The van der Waals surface area contributed by atoms with Crippen molar-refractivity contribution in [1.29, 1.82) is 0 Å². The van der Waals surface area contributed by atoms with Gasteiger partial charge in [-0.25, -0.2) is 4.39 Å². The van der Waals surface area contributed by atoms with E-state index in [2.05, 4.69) is 12.6 Å². The third-order valence-corrected chi connectivity index (χ3v) is 3.87. The van der Waals surface area contributed by atoms with Gasteiger partial charge in [0.25, 0.3) is 5.91 Å². The zero-order valence-electron chi connectivity index (χ0n) is 10.7. The van der Waals surface area contributed by atoms with E-state index in [0.29, 0.717) is 12.0 Å². The number of rotatable bonds is 4. The Morgan fingerprint density at radius 3 is 3.00 bits per heavy atom. The van der Waals surface area contributed by atoms with Crippen LogP contribution in [0.5, 0.6) is 0 Å². The largest absolute Gasteiger partial charge is 0.396 e. The Bertz CT molecular complexity index is 467. The van der Waals surface area contributed by atoms with Crippen molar-refractivity contribution in [3.63, 3.8) is 0 Å². The molecule has 1 unspecified atom stereocenters. The molecule has 0 bridgehead atoms. The SMILES string of the molecule is O=C(c1ccc(F)c(S)c1)N1CCCC1CCCO. The summed E-state index contributed by atoms with van der Waals surface area (Å²) in [5, 5.41) is 8.88. The maximum Gasteiger partial charge on any atom is 0.254 e. The lowest BCUT2D eigenvalue weighted by Crippen LogP contribution is -2.35. The van der Waals surface area contributed by atoms with Crippen molar-refractivity contribution in [3.8, 4) is 0 Å². The van der Waals surface area contributed by atoms with Crippen LogP contribution in [-0.4, -0.2) is 35.1 Å². The van der Waals surface area contributed by atoms with Gasteiger partial charge in [0.2, 0.25) is 0 Å². The average Bonchev–Trinajstić information content (AvgIpc) is 2.87. The van der Waals surface area contributed by atoms with Crippen LogP contribution < -0.4 is 0 Å². The Labute approximate surface area is 117 Å². The Morgan fingerprint density at radius 2 is 2.32 bits per heavy atom. The molecule has 1 amide bonds. The molecular formula is C14H18FNO2S. The van der Waals surface area contributed by atoms with Crippen molar-refractivity contribution in [1.82, 2.24) is 4.90 Å². The van der Waals surface area contributed by atoms with E-state index in [9.17, 15) is 9.18 Å². The molecule has 5 heteroatoms. The number of thiol groups is 1. The molecule has 1 fully saturated rings. The maximum atomic E-state index is 13.2. The highest BCUT2D eigenvalue weighted by Crippen LogP contribution is 2.24. The van der Waals surface area contributed by atoms with Gasteiger partial charge in [-0.15, -0.1) is 12.6 Å². The van der Waals surface area contributed by atoms with Crippen LogP contribution >= 0.6 is 12.6 Å². The summed E-state index contributed by atoms with van der Waals surface area (Å²) < 4.78 is 13.2. The molecule has 1 atom stereocenters. The molecule has 0 spiro atoms. The van der Waals surface area contributed by atoms with E-state index >= 15 is 0 Å². The lowest BCUT2D eigenvalue weighted by atomic mass is 10.1. The molecule has 3 nitrogen and oxygen atoms in total. The molecule has 1 saturated heterocycles. The Hall–Kier alpha value is -1.07. The molecule has 0 aliphatic carbocycles. The van der Waals surface area contributed by atoms with Crippen LogP contribution in [0.1, 0.15) is 36.0 Å². The van der Waals surface area contributed by atoms with Gasteiger partial charge in [-0.1, -0.05) is 0 Å². The Kier molecular flexibility index (Phi) is 4.82. The second-order valence-electron chi connectivity index (χ2n) is 4.83. The third kappa shape index (κ3) is 3.28. The number of carbonyl (C=O) groups is 1. The molecule has 1 N–H and O–H groups in total. The van der Waals surface area contributed by atoms with Crippen LogP contribution in [0.15, 0.2) is 23.1 Å². The van der Waals surface area contributed by atoms with E-state index in [1.807, 2.05) is 4.90 Å². The van der Waals surface area contributed by atoms with E-state index in [4.69, 9.17) is 5.11 Å². The van der Waals surface area contributed by atoms with Crippen LogP contribution in [-0.2, 0) is 0 Å². The van der Waals surface area contributed by atoms with Crippen molar-refractivity contribution >= 4 is 18.5 Å². The van der Waals surface area contributed by atoms with E-state index in [1.54, 1.807) is 0 Å². The highest BCUT2D eigenvalue weighted by Gasteiger charge is 2.29. The number of aliphatic hydroxyl groups is 1. The summed E-state index contributed by atoms with van der Waals surface area (Å²) in [6.07, 6.45) is 3.48. The van der Waals surface area contributed by atoms with Gasteiger partial charge in [-0.3, -0.25) is 4.79 Å². The summed E-state index contributed by atoms with van der Waals surface area (Å²) in [7, 11) is 0. The van der Waals surface area contributed by atoms with Gasteiger partial charge in [0.15, 0.2) is 0 Å². The normalized spacial score (nSPS) is 18.9. The first-order chi connectivity index (χ1) is 9.13. The minimum atomic E-state index is -0.418. The van der Waals surface area contributed by atoms with E-state index in [0.717, 1.165) is 25.8 Å². The van der Waals surface area contributed by atoms with Crippen LogP contribution in [0.2, 0.25) is 0 Å². The van der Waals surface area contributed by atoms with E-state index < -0.39 is 5.82 Å². The second-order valence-corrected chi connectivity index (χ2v) is 5.31. The molecule has 1 aromatic carbocycles. The molecular weight excluding hydrogens is 265 g/mol. The van der Waals surface area contributed by atoms with Gasteiger partial charge < -0.3 is 10.0 Å². The molecule has 1 heterocycles. The lowest BCUT2D eigenvalue weighted by Gasteiger charge is -2.24. The first-order valence-corrected chi connectivity index (χ1v) is 6.98. The molecule has 0 radical (unpaired) electrons. The van der Waals surface area contributed by atoms with Crippen molar-refractivity contribution < 1.29 is 14.3 Å². The molecule has 19 heavy (non-hydrogen) atoms. The van der Waals surface area contributed by atoms with Gasteiger partial charge in [-0.2, -0.15) is 0 Å². The average molecular weight is 283 g/mol. The predicted molar refractivity (Wildman–Crippen MR) is 74.0 cm³/mol. The summed E-state index contributed by atoms with van der Waals surface area (Å²) >= 11 is 4.00. The molecule has 2 rings (SSSR count). The number of nitrogens with zero attached hydrogens (tertiary/aromatic N) is 1. The molecule has 104 valence electrons. The highest BCUT2D eigenvalue weighted by molar-refractivity contribution is 7.80. The minimum Gasteiger partial charge on any atom is -0.396 e. The molecule has 1 aliphatic rings. The predicted octanol–water partition coefficient (Wildman–Crippen LogP) is 2.49. The number of hydrogen-bond acceptors (Lipinski definition) is 3. The molecule has 0 aromatic heterocycles. The van der Waals surface area contributed by atoms with Crippen LogP contribution in [0, 0.1) is 5.82 Å². The number of halogens is 1. The Balaban J connectivity index is 2.11. The van der Waals surface area contributed by atoms with Crippen LogP contribution in [0.3, 0.4) is 0 Å². The van der Waals surface area contributed by atoms with Crippen molar-refractivity contribution in [2.45, 2.75) is 36.6 Å². The quantitative estimate of drug-likeness (QED) is 0.834. The zero-order chi connectivity index (χ0) is 13.8. The number of benzene rings is 1. The van der Waals surface area contributed by atoms with E-state index in [1.165, 1.54) is 18.2 Å². The van der Waals surface area contributed by atoms with Gasteiger partial charge in [0, 0.05) is 29.7 Å². The molecule has 1 aliphatic heterocycles. The standard InChI is InChI=1S/C14H18FNO2S/c15-12-6-5-10(9-13(12)19)14(18)16-7-1-3-11(16)4-2-8-17/h5-6,9,11,17,19H,1-4,7-8H2. The van der Waals surface area contributed by atoms with Crippen LogP contribution in [0.25, 0.3) is 0 Å².